The normalized spacial score (nSPS) is 16.0. The molecule has 0 spiro atoms. The van der Waals surface area contributed by atoms with Gasteiger partial charge in [0.1, 0.15) is 0 Å². The summed E-state index contributed by atoms with van der Waals surface area (Å²) in [6.45, 7) is 7.87. The maximum absolute atomic E-state index is 12.6. The zero-order chi connectivity index (χ0) is 20.4. The van der Waals surface area contributed by atoms with Gasteiger partial charge in [0.25, 0.3) is 5.91 Å². The molecule has 0 atom stereocenters. The maximum Gasteiger partial charge on any atom is 0.255 e. The van der Waals surface area contributed by atoms with E-state index in [1.165, 1.54) is 16.4 Å². The lowest BCUT2D eigenvalue weighted by Gasteiger charge is -2.26. The van der Waals surface area contributed by atoms with E-state index in [-0.39, 0.29) is 16.2 Å². The Kier molecular flexibility index (Phi) is 5.88. The molecule has 3 rings (SSSR count). The molecule has 0 saturated carbocycles. The van der Waals surface area contributed by atoms with Crippen molar-refractivity contribution in [3.8, 4) is 0 Å². The maximum atomic E-state index is 12.6. The number of sulfonamides is 1. The van der Waals surface area contributed by atoms with Crippen LogP contribution in [0.15, 0.2) is 53.4 Å². The van der Waals surface area contributed by atoms with Gasteiger partial charge in [-0.15, -0.1) is 0 Å². The van der Waals surface area contributed by atoms with E-state index in [4.69, 9.17) is 4.74 Å². The van der Waals surface area contributed by atoms with Crippen LogP contribution in [0.25, 0.3) is 0 Å². The van der Waals surface area contributed by atoms with Crippen LogP contribution in [0.1, 0.15) is 36.7 Å². The predicted molar refractivity (Wildman–Crippen MR) is 109 cm³/mol. The Labute approximate surface area is 166 Å². The number of ether oxygens (including phenoxy) is 1. The number of hydrogen-bond donors (Lipinski definition) is 1. The first kappa shape index (κ1) is 20.5. The number of carbonyl (C=O) groups excluding carboxylic acids is 1. The van der Waals surface area contributed by atoms with Crippen molar-refractivity contribution in [2.45, 2.75) is 31.1 Å². The third-order valence-electron chi connectivity index (χ3n) is 4.73. The molecule has 0 radical (unpaired) electrons. The molecule has 1 aliphatic heterocycles. The molecule has 1 heterocycles. The van der Waals surface area contributed by atoms with Crippen molar-refractivity contribution in [3.63, 3.8) is 0 Å². The van der Waals surface area contributed by atoms with Crippen LogP contribution < -0.4 is 5.32 Å². The molecule has 1 N–H and O–H groups in total. The Bertz CT molecular complexity index is 924. The van der Waals surface area contributed by atoms with Crippen LogP contribution in [0.3, 0.4) is 0 Å². The second-order valence-electron chi connectivity index (χ2n) is 7.82. The van der Waals surface area contributed by atoms with Gasteiger partial charge >= 0.3 is 0 Å². The Hall–Kier alpha value is -2.22. The van der Waals surface area contributed by atoms with Gasteiger partial charge in [0.2, 0.25) is 10.0 Å². The van der Waals surface area contributed by atoms with Crippen LogP contribution >= 0.6 is 0 Å². The van der Waals surface area contributed by atoms with Gasteiger partial charge in [-0.1, -0.05) is 32.9 Å². The number of nitrogens with one attached hydrogen (secondary N) is 1. The standard InChI is InChI=1S/C21H26N2O4S/c1-21(2,3)17-6-4-16(5-7-17)20(24)22-18-8-10-19(11-9-18)28(25,26)23-12-14-27-15-13-23/h4-11H,12-15H2,1-3H3,(H,22,24). The van der Waals surface area contributed by atoms with E-state index in [0.717, 1.165) is 5.56 Å². The van der Waals surface area contributed by atoms with Crippen molar-refractivity contribution in [1.82, 2.24) is 4.31 Å². The van der Waals surface area contributed by atoms with E-state index in [9.17, 15) is 13.2 Å². The summed E-state index contributed by atoms with van der Waals surface area (Å²) in [6.07, 6.45) is 0. The van der Waals surface area contributed by atoms with Gasteiger partial charge in [-0.3, -0.25) is 4.79 Å². The predicted octanol–water partition coefficient (Wildman–Crippen LogP) is 3.26. The van der Waals surface area contributed by atoms with Crippen LogP contribution in [-0.2, 0) is 20.2 Å². The molecule has 150 valence electrons. The van der Waals surface area contributed by atoms with Gasteiger partial charge < -0.3 is 10.1 Å². The summed E-state index contributed by atoms with van der Waals surface area (Å²) < 4.78 is 31.9. The minimum atomic E-state index is -3.54. The van der Waals surface area contributed by atoms with Gasteiger partial charge in [0, 0.05) is 24.3 Å². The SMILES string of the molecule is CC(C)(C)c1ccc(C(=O)Nc2ccc(S(=O)(=O)N3CCOCC3)cc2)cc1. The Morgan fingerprint density at radius 2 is 1.54 bits per heavy atom. The first-order valence-electron chi connectivity index (χ1n) is 9.28. The molecule has 28 heavy (non-hydrogen) atoms. The minimum Gasteiger partial charge on any atom is -0.379 e. The fraction of sp³-hybridized carbons (Fsp3) is 0.381. The van der Waals surface area contributed by atoms with Crippen LogP contribution in [0.5, 0.6) is 0 Å². The third-order valence-corrected chi connectivity index (χ3v) is 6.65. The summed E-state index contributed by atoms with van der Waals surface area (Å²) in [5, 5.41) is 2.81. The first-order valence-corrected chi connectivity index (χ1v) is 10.7. The highest BCUT2D eigenvalue weighted by atomic mass is 32.2. The number of amides is 1. The lowest BCUT2D eigenvalue weighted by molar-refractivity contribution is 0.0730. The molecule has 0 bridgehead atoms. The van der Waals surface area contributed by atoms with Crippen molar-refractivity contribution in [2.24, 2.45) is 0 Å². The third kappa shape index (κ3) is 4.60. The fourth-order valence-electron chi connectivity index (χ4n) is 2.97. The first-order chi connectivity index (χ1) is 13.2. The Morgan fingerprint density at radius 1 is 0.964 bits per heavy atom. The van der Waals surface area contributed by atoms with E-state index in [0.29, 0.717) is 37.6 Å². The van der Waals surface area contributed by atoms with Gasteiger partial charge in [0.15, 0.2) is 0 Å². The quantitative estimate of drug-likeness (QED) is 0.852. The topological polar surface area (TPSA) is 75.7 Å². The number of anilines is 1. The average Bonchev–Trinajstić information content (AvgIpc) is 2.68. The highest BCUT2D eigenvalue weighted by Gasteiger charge is 2.26. The zero-order valence-corrected chi connectivity index (χ0v) is 17.3. The summed E-state index contributed by atoms with van der Waals surface area (Å²) in [6, 6.07) is 13.7. The number of nitrogens with zero attached hydrogens (tertiary/aromatic N) is 1. The Balaban J connectivity index is 1.69. The molecule has 0 aromatic heterocycles. The molecule has 1 amide bonds. The molecule has 2 aromatic carbocycles. The van der Waals surface area contributed by atoms with Gasteiger partial charge in [-0.05, 0) is 47.4 Å². The second kappa shape index (κ2) is 8.03. The minimum absolute atomic E-state index is 0.0246. The molecule has 0 aliphatic carbocycles. The average molecular weight is 403 g/mol. The lowest BCUT2D eigenvalue weighted by atomic mass is 9.87. The van der Waals surface area contributed by atoms with Gasteiger partial charge in [-0.25, -0.2) is 8.42 Å². The molecular weight excluding hydrogens is 376 g/mol. The number of benzene rings is 2. The van der Waals surface area contributed by atoms with Crippen LogP contribution in [-0.4, -0.2) is 44.9 Å². The molecule has 1 saturated heterocycles. The van der Waals surface area contributed by atoms with Crippen molar-refractivity contribution in [1.29, 1.82) is 0 Å². The lowest BCUT2D eigenvalue weighted by Crippen LogP contribution is -2.40. The molecular formula is C21H26N2O4S. The van der Waals surface area contributed by atoms with Crippen molar-refractivity contribution >= 4 is 21.6 Å². The van der Waals surface area contributed by atoms with Crippen LogP contribution in [0.4, 0.5) is 5.69 Å². The summed E-state index contributed by atoms with van der Waals surface area (Å²) in [5.74, 6) is -0.232. The van der Waals surface area contributed by atoms with E-state index < -0.39 is 10.0 Å². The van der Waals surface area contributed by atoms with Gasteiger partial charge in [0.05, 0.1) is 18.1 Å². The highest BCUT2D eigenvalue weighted by Crippen LogP contribution is 2.23. The smallest absolute Gasteiger partial charge is 0.255 e. The van der Waals surface area contributed by atoms with Gasteiger partial charge in [-0.2, -0.15) is 4.31 Å². The molecule has 1 aliphatic rings. The number of rotatable bonds is 4. The summed E-state index contributed by atoms with van der Waals surface area (Å²) in [5.41, 5.74) is 2.28. The monoisotopic (exact) mass is 402 g/mol. The van der Waals surface area contributed by atoms with Crippen molar-refractivity contribution in [3.05, 3.63) is 59.7 Å². The molecule has 0 unspecified atom stereocenters. The van der Waals surface area contributed by atoms with E-state index in [1.54, 1.807) is 24.3 Å². The van der Waals surface area contributed by atoms with E-state index in [2.05, 4.69) is 26.1 Å². The summed E-state index contributed by atoms with van der Waals surface area (Å²) >= 11 is 0. The Morgan fingerprint density at radius 3 is 2.07 bits per heavy atom. The number of morpholine rings is 1. The van der Waals surface area contributed by atoms with Crippen molar-refractivity contribution in [2.75, 3.05) is 31.6 Å². The van der Waals surface area contributed by atoms with Crippen molar-refractivity contribution < 1.29 is 17.9 Å². The summed E-state index contributed by atoms with van der Waals surface area (Å²) in [4.78, 5) is 12.7. The molecule has 7 heteroatoms. The highest BCUT2D eigenvalue weighted by molar-refractivity contribution is 7.89. The second-order valence-corrected chi connectivity index (χ2v) is 9.76. The van der Waals surface area contributed by atoms with Crippen LogP contribution in [0.2, 0.25) is 0 Å². The molecule has 1 fully saturated rings. The fourth-order valence-corrected chi connectivity index (χ4v) is 4.38. The number of hydrogen-bond acceptors (Lipinski definition) is 4. The summed E-state index contributed by atoms with van der Waals surface area (Å²) in [7, 11) is -3.54. The van der Waals surface area contributed by atoms with E-state index in [1.807, 2.05) is 12.1 Å². The molecule has 2 aromatic rings. The zero-order valence-electron chi connectivity index (χ0n) is 16.4. The number of carbonyl (C=O) groups is 1. The van der Waals surface area contributed by atoms with Crippen LogP contribution in [0, 0.1) is 0 Å². The van der Waals surface area contributed by atoms with E-state index >= 15 is 0 Å². The molecule has 6 nitrogen and oxygen atoms in total. The largest absolute Gasteiger partial charge is 0.379 e.